The van der Waals surface area contributed by atoms with Crippen LogP contribution < -0.4 is 20.7 Å². The highest BCUT2D eigenvalue weighted by Gasteiger charge is 2.17. The summed E-state index contributed by atoms with van der Waals surface area (Å²) in [6.07, 6.45) is 3.07. The minimum absolute atomic E-state index is 0.220. The fourth-order valence-corrected chi connectivity index (χ4v) is 5.85. The standard InChI is InChI=1S/C39H38N8O3/c1-27-11-16-31(43-38(48)29-14-12-28(13-15-29)25-46-21-19-45(2)20-22-46)24-35(27)44-39(49)47-18-17-34-36(40-26-41-37(34)47)42-30-7-6-10-33(23-30)50-32-8-4-3-5-9-32/h3-18,23-24,26H,19-22,25H2,1-2H3,(H,43,48)(H,44,49)(H,40,41,42). The number of nitrogens with one attached hydrogen (secondary N) is 3. The van der Waals surface area contributed by atoms with Gasteiger partial charge in [-0.25, -0.2) is 14.8 Å². The summed E-state index contributed by atoms with van der Waals surface area (Å²) in [7, 11) is 2.15. The van der Waals surface area contributed by atoms with Crippen molar-refractivity contribution in [2.45, 2.75) is 13.5 Å². The molecular formula is C39H38N8O3. The number of ether oxygens (including phenoxy) is 1. The summed E-state index contributed by atoms with van der Waals surface area (Å²) >= 11 is 0. The van der Waals surface area contributed by atoms with Crippen LogP contribution in [0.4, 0.5) is 27.7 Å². The van der Waals surface area contributed by atoms with Crippen molar-refractivity contribution in [2.75, 3.05) is 49.2 Å². The number of benzene rings is 4. The van der Waals surface area contributed by atoms with Gasteiger partial charge < -0.3 is 25.6 Å². The van der Waals surface area contributed by atoms with E-state index in [0.717, 1.165) is 49.7 Å². The molecule has 0 radical (unpaired) electrons. The van der Waals surface area contributed by atoms with E-state index in [4.69, 9.17) is 4.74 Å². The van der Waals surface area contributed by atoms with E-state index in [1.54, 1.807) is 18.3 Å². The van der Waals surface area contributed by atoms with Gasteiger partial charge in [-0.1, -0.05) is 42.5 Å². The smallest absolute Gasteiger partial charge is 0.331 e. The molecule has 2 amide bonds. The van der Waals surface area contributed by atoms with Gasteiger partial charge in [0.1, 0.15) is 23.6 Å². The van der Waals surface area contributed by atoms with Crippen molar-refractivity contribution >= 4 is 45.9 Å². The maximum Gasteiger partial charge on any atom is 0.331 e. The van der Waals surface area contributed by atoms with Crippen LogP contribution in [0.15, 0.2) is 116 Å². The van der Waals surface area contributed by atoms with Crippen LogP contribution >= 0.6 is 0 Å². The third-order valence-electron chi connectivity index (χ3n) is 8.73. The summed E-state index contributed by atoms with van der Waals surface area (Å²) in [6, 6.07) is 31.7. The molecule has 252 valence electrons. The lowest BCUT2D eigenvalue weighted by Gasteiger charge is -2.32. The molecule has 0 bridgehead atoms. The molecule has 1 aliphatic heterocycles. The topological polar surface area (TPSA) is 117 Å². The number of hydrogen-bond donors (Lipinski definition) is 3. The van der Waals surface area contributed by atoms with E-state index < -0.39 is 6.03 Å². The summed E-state index contributed by atoms with van der Waals surface area (Å²) < 4.78 is 7.41. The highest BCUT2D eigenvalue weighted by Crippen LogP contribution is 2.29. The quantitative estimate of drug-likeness (QED) is 0.147. The average Bonchev–Trinajstić information content (AvgIpc) is 3.57. The molecule has 0 aliphatic carbocycles. The summed E-state index contributed by atoms with van der Waals surface area (Å²) in [5, 5.41) is 9.94. The van der Waals surface area contributed by atoms with Gasteiger partial charge >= 0.3 is 6.03 Å². The van der Waals surface area contributed by atoms with Gasteiger partial charge in [0.25, 0.3) is 5.91 Å². The molecule has 1 fully saturated rings. The molecule has 0 atom stereocenters. The zero-order chi connectivity index (χ0) is 34.5. The number of anilines is 4. The zero-order valence-electron chi connectivity index (χ0n) is 28.0. The highest BCUT2D eigenvalue weighted by atomic mass is 16.5. The van der Waals surface area contributed by atoms with Crippen molar-refractivity contribution in [3.8, 4) is 11.5 Å². The number of para-hydroxylation sites is 1. The third kappa shape index (κ3) is 7.64. The Morgan fingerprint density at radius 1 is 0.780 bits per heavy atom. The molecule has 11 nitrogen and oxygen atoms in total. The summed E-state index contributed by atoms with van der Waals surface area (Å²) in [5.74, 6) is 1.74. The molecule has 0 saturated carbocycles. The Kier molecular flexibility index (Phi) is 9.50. The number of hydrogen-bond acceptors (Lipinski definition) is 8. The van der Waals surface area contributed by atoms with Crippen molar-refractivity contribution in [3.63, 3.8) is 0 Å². The van der Waals surface area contributed by atoms with Gasteiger partial charge in [-0.15, -0.1) is 0 Å². The summed E-state index contributed by atoms with van der Waals surface area (Å²) in [4.78, 5) is 40.3. The molecule has 6 aromatic rings. The molecule has 50 heavy (non-hydrogen) atoms. The molecule has 11 heteroatoms. The average molecular weight is 667 g/mol. The van der Waals surface area contributed by atoms with Crippen LogP contribution in [0.3, 0.4) is 0 Å². The third-order valence-corrected chi connectivity index (χ3v) is 8.73. The monoisotopic (exact) mass is 666 g/mol. The minimum Gasteiger partial charge on any atom is -0.457 e. The number of likely N-dealkylation sites (N-methyl/N-ethyl adjacent to an activating group) is 1. The molecule has 2 aromatic heterocycles. The SMILES string of the molecule is Cc1ccc(NC(=O)c2ccc(CN3CCN(C)CC3)cc2)cc1NC(=O)n1ccc2c(Nc3cccc(Oc4ccccc4)c3)ncnc21. The number of fused-ring (bicyclic) bond motifs is 1. The van der Waals surface area contributed by atoms with Crippen molar-refractivity contribution in [1.82, 2.24) is 24.3 Å². The largest absolute Gasteiger partial charge is 0.457 e. The fourth-order valence-electron chi connectivity index (χ4n) is 5.85. The van der Waals surface area contributed by atoms with Crippen LogP contribution in [0.25, 0.3) is 11.0 Å². The highest BCUT2D eigenvalue weighted by molar-refractivity contribution is 6.05. The van der Waals surface area contributed by atoms with Crippen LogP contribution in [0, 0.1) is 6.92 Å². The molecule has 0 unspecified atom stereocenters. The van der Waals surface area contributed by atoms with Crippen molar-refractivity contribution in [3.05, 3.63) is 132 Å². The van der Waals surface area contributed by atoms with Crippen LogP contribution in [-0.2, 0) is 6.54 Å². The van der Waals surface area contributed by atoms with Gasteiger partial charge in [-0.3, -0.25) is 14.3 Å². The Labute approximate surface area is 290 Å². The van der Waals surface area contributed by atoms with E-state index in [1.165, 1.54) is 16.5 Å². The Hall–Kier alpha value is -6.04. The number of carbonyl (C=O) groups excluding carboxylic acids is 2. The molecule has 3 heterocycles. The van der Waals surface area contributed by atoms with Crippen molar-refractivity contribution in [2.24, 2.45) is 0 Å². The van der Waals surface area contributed by atoms with Crippen LogP contribution in [0.2, 0.25) is 0 Å². The van der Waals surface area contributed by atoms with Crippen molar-refractivity contribution in [1.29, 1.82) is 0 Å². The second-order valence-electron chi connectivity index (χ2n) is 12.4. The van der Waals surface area contributed by atoms with Gasteiger partial charge in [0.2, 0.25) is 0 Å². The first kappa shape index (κ1) is 32.5. The number of amides is 2. The number of aromatic nitrogens is 3. The predicted octanol–water partition coefficient (Wildman–Crippen LogP) is 7.36. The Bertz CT molecular complexity index is 2120. The Morgan fingerprint density at radius 2 is 1.56 bits per heavy atom. The summed E-state index contributed by atoms with van der Waals surface area (Å²) in [5.41, 5.74) is 4.94. The number of aryl methyl sites for hydroxylation is 1. The lowest BCUT2D eigenvalue weighted by molar-refractivity contribution is 0.102. The van der Waals surface area contributed by atoms with E-state index in [-0.39, 0.29) is 5.91 Å². The van der Waals surface area contributed by atoms with Gasteiger partial charge in [-0.2, -0.15) is 0 Å². The van der Waals surface area contributed by atoms with E-state index in [0.29, 0.717) is 39.5 Å². The first-order valence-corrected chi connectivity index (χ1v) is 16.5. The molecule has 0 spiro atoms. The molecule has 1 saturated heterocycles. The molecular weight excluding hydrogens is 628 g/mol. The first-order chi connectivity index (χ1) is 24.4. The number of carbonyl (C=O) groups is 2. The lowest BCUT2D eigenvalue weighted by Crippen LogP contribution is -2.43. The van der Waals surface area contributed by atoms with E-state index in [1.807, 2.05) is 97.9 Å². The number of rotatable bonds is 9. The predicted molar refractivity (Wildman–Crippen MR) is 197 cm³/mol. The normalized spacial score (nSPS) is 13.6. The number of piperazine rings is 1. The van der Waals surface area contributed by atoms with E-state index in [9.17, 15) is 9.59 Å². The second kappa shape index (κ2) is 14.6. The zero-order valence-corrected chi connectivity index (χ0v) is 28.0. The lowest BCUT2D eigenvalue weighted by atomic mass is 10.1. The van der Waals surface area contributed by atoms with Gasteiger partial charge in [0, 0.05) is 67.6 Å². The second-order valence-corrected chi connectivity index (χ2v) is 12.4. The summed E-state index contributed by atoms with van der Waals surface area (Å²) in [6.45, 7) is 6.98. The van der Waals surface area contributed by atoms with Gasteiger partial charge in [-0.05, 0) is 79.7 Å². The van der Waals surface area contributed by atoms with Crippen molar-refractivity contribution < 1.29 is 14.3 Å². The molecule has 7 rings (SSSR count). The van der Waals surface area contributed by atoms with E-state index >= 15 is 0 Å². The van der Waals surface area contributed by atoms with Crippen LogP contribution in [-0.4, -0.2) is 69.5 Å². The van der Waals surface area contributed by atoms with Gasteiger partial charge in [0.05, 0.1) is 5.39 Å². The van der Waals surface area contributed by atoms with Crippen LogP contribution in [0.1, 0.15) is 21.5 Å². The maximum absolute atomic E-state index is 13.5. The Balaban J connectivity index is 1.01. The fraction of sp³-hybridized carbons (Fsp3) is 0.179. The van der Waals surface area contributed by atoms with E-state index in [2.05, 4.69) is 42.8 Å². The minimum atomic E-state index is -0.398. The van der Waals surface area contributed by atoms with Gasteiger partial charge in [0.15, 0.2) is 5.65 Å². The van der Waals surface area contributed by atoms with Crippen LogP contribution in [0.5, 0.6) is 11.5 Å². The number of nitrogens with zero attached hydrogens (tertiary/aromatic N) is 5. The molecule has 4 aromatic carbocycles. The molecule has 1 aliphatic rings. The molecule has 3 N–H and O–H groups in total. The Morgan fingerprint density at radius 3 is 2.36 bits per heavy atom. The maximum atomic E-state index is 13.5. The first-order valence-electron chi connectivity index (χ1n) is 16.5.